The number of amides is 1. The van der Waals surface area contributed by atoms with Gasteiger partial charge in [-0.15, -0.1) is 0 Å². The van der Waals surface area contributed by atoms with E-state index in [1.165, 1.54) is 38.3 Å². The third kappa shape index (κ3) is 4.84. The molecule has 0 spiro atoms. The Balaban J connectivity index is 1.38. The maximum atomic E-state index is 13.2. The van der Waals surface area contributed by atoms with E-state index in [9.17, 15) is 18.0 Å². The van der Waals surface area contributed by atoms with Crippen molar-refractivity contribution >= 4 is 49.5 Å². The largest absolute Gasteiger partial charge is 0.495 e. The summed E-state index contributed by atoms with van der Waals surface area (Å²) in [5, 5.41) is 1.67. The van der Waals surface area contributed by atoms with Crippen molar-refractivity contribution in [1.29, 1.82) is 0 Å². The molecule has 1 saturated heterocycles. The fourth-order valence-corrected chi connectivity index (χ4v) is 5.57. The number of rotatable bonds is 7. The van der Waals surface area contributed by atoms with Crippen molar-refractivity contribution in [3.05, 3.63) is 66.2 Å². The summed E-state index contributed by atoms with van der Waals surface area (Å²) >= 11 is 0. The summed E-state index contributed by atoms with van der Waals surface area (Å²) in [6, 6.07) is 16.2. The average molecular weight is 523 g/mol. The number of hydrogen-bond donors (Lipinski definition) is 1. The van der Waals surface area contributed by atoms with Gasteiger partial charge in [-0.05, 0) is 50.1 Å². The van der Waals surface area contributed by atoms with Crippen molar-refractivity contribution in [3.8, 4) is 5.75 Å². The highest BCUT2D eigenvalue weighted by Crippen LogP contribution is 2.37. The van der Waals surface area contributed by atoms with Crippen molar-refractivity contribution in [2.45, 2.75) is 30.8 Å². The highest BCUT2D eigenvalue weighted by Gasteiger charge is 2.27. The number of carbonyl (C=O) groups is 2. The summed E-state index contributed by atoms with van der Waals surface area (Å²) < 4.78 is 45.7. The van der Waals surface area contributed by atoms with E-state index in [1.54, 1.807) is 17.0 Å². The number of nitrogens with one attached hydrogen (secondary N) is 1. The molecular weight excluding hydrogens is 496 g/mol. The lowest BCUT2D eigenvalue weighted by Crippen LogP contribution is -2.38. The first-order chi connectivity index (χ1) is 17.8. The van der Waals surface area contributed by atoms with Crippen LogP contribution < -0.4 is 9.46 Å². The van der Waals surface area contributed by atoms with Gasteiger partial charge in [0.1, 0.15) is 16.9 Å². The Labute approximate surface area is 214 Å². The summed E-state index contributed by atoms with van der Waals surface area (Å²) in [5.41, 5.74) is 1.37. The molecule has 0 aliphatic carbocycles. The van der Waals surface area contributed by atoms with Gasteiger partial charge in [0.25, 0.3) is 15.9 Å². The van der Waals surface area contributed by atoms with E-state index in [-0.39, 0.29) is 22.1 Å². The maximum absolute atomic E-state index is 13.2. The molecule has 1 aromatic heterocycles. The lowest BCUT2D eigenvalue weighted by molar-refractivity contribution is -0.138. The number of para-hydroxylation sites is 1. The van der Waals surface area contributed by atoms with Crippen molar-refractivity contribution < 1.29 is 31.9 Å². The Kier molecular flexibility index (Phi) is 6.51. The quantitative estimate of drug-likeness (QED) is 0.354. The zero-order valence-corrected chi connectivity index (χ0v) is 21.2. The van der Waals surface area contributed by atoms with Gasteiger partial charge in [0, 0.05) is 29.9 Å². The molecule has 1 fully saturated rings. The fourth-order valence-electron chi connectivity index (χ4n) is 4.47. The molecule has 2 heterocycles. The topological polar surface area (TPSA) is 115 Å². The number of esters is 1. The number of furan rings is 1. The molecule has 1 N–H and O–H groups in total. The van der Waals surface area contributed by atoms with E-state index < -0.39 is 22.1 Å². The van der Waals surface area contributed by atoms with E-state index in [4.69, 9.17) is 13.9 Å². The number of likely N-dealkylation sites (tertiary alicyclic amines) is 1. The predicted octanol–water partition coefficient (Wildman–Crippen LogP) is 4.56. The molecule has 10 heteroatoms. The lowest BCUT2D eigenvalue weighted by atomic mass is 10.1. The minimum atomic E-state index is -4.11. The van der Waals surface area contributed by atoms with Gasteiger partial charge in [0.05, 0.1) is 23.3 Å². The van der Waals surface area contributed by atoms with Gasteiger partial charge < -0.3 is 18.8 Å². The van der Waals surface area contributed by atoms with Crippen molar-refractivity contribution in [2.75, 3.05) is 24.9 Å². The molecule has 5 rings (SSSR count). The van der Waals surface area contributed by atoms with Crippen LogP contribution in [0.4, 0.5) is 5.69 Å². The van der Waals surface area contributed by atoms with Crippen LogP contribution in [0.25, 0.3) is 21.9 Å². The summed E-state index contributed by atoms with van der Waals surface area (Å²) in [5.74, 6) is -0.727. The summed E-state index contributed by atoms with van der Waals surface area (Å²) in [7, 11) is -2.67. The monoisotopic (exact) mass is 522 g/mol. The molecule has 0 bridgehead atoms. The first kappa shape index (κ1) is 24.6. The molecule has 0 radical (unpaired) electrons. The van der Waals surface area contributed by atoms with Crippen molar-refractivity contribution in [3.63, 3.8) is 0 Å². The molecule has 1 atom stereocenters. The van der Waals surface area contributed by atoms with Crippen LogP contribution in [0.15, 0.2) is 70.0 Å². The van der Waals surface area contributed by atoms with Crippen molar-refractivity contribution in [1.82, 2.24) is 4.90 Å². The van der Waals surface area contributed by atoms with Gasteiger partial charge in [0.2, 0.25) is 0 Å². The highest BCUT2D eigenvalue weighted by atomic mass is 32.2. The van der Waals surface area contributed by atoms with E-state index in [2.05, 4.69) is 4.72 Å². The Bertz CT molecular complexity index is 1600. The predicted molar refractivity (Wildman–Crippen MR) is 138 cm³/mol. The number of nitrogens with zero attached hydrogens (tertiary/aromatic N) is 1. The van der Waals surface area contributed by atoms with E-state index >= 15 is 0 Å². The molecule has 0 saturated carbocycles. The third-order valence-electron chi connectivity index (χ3n) is 6.37. The standard InChI is InChI=1S/C27H26N2O7S/c1-17(26(30)29-12-5-6-13-29)35-27(31)18-8-7-9-19(14-18)37(32,33)28-22-16-24-21(15-25(22)34-2)20-10-3-4-11-23(20)36-24/h3-4,7-11,14-17,28H,5-6,12-13H2,1-2H3/t17-/m0/s1. The van der Waals surface area contributed by atoms with Gasteiger partial charge in [-0.3, -0.25) is 9.52 Å². The Morgan fingerprint density at radius 1 is 0.973 bits per heavy atom. The molecular formula is C27H26N2O7S. The fraction of sp³-hybridized carbons (Fsp3) is 0.259. The van der Waals surface area contributed by atoms with E-state index in [0.717, 1.165) is 23.6 Å². The zero-order valence-electron chi connectivity index (χ0n) is 20.4. The Hall–Kier alpha value is -4.05. The number of fused-ring (bicyclic) bond motifs is 3. The normalized spacial score (nSPS) is 14.6. The lowest BCUT2D eigenvalue weighted by Gasteiger charge is -2.20. The van der Waals surface area contributed by atoms with Crippen LogP contribution in [0.3, 0.4) is 0 Å². The number of sulfonamides is 1. The number of benzene rings is 3. The second-order valence-corrected chi connectivity index (χ2v) is 10.5. The minimum absolute atomic E-state index is 0.0173. The average Bonchev–Trinajstić information content (AvgIpc) is 3.55. The van der Waals surface area contributed by atoms with Crippen LogP contribution >= 0.6 is 0 Å². The van der Waals surface area contributed by atoms with Gasteiger partial charge in [-0.2, -0.15) is 0 Å². The molecule has 37 heavy (non-hydrogen) atoms. The van der Waals surface area contributed by atoms with E-state index in [0.29, 0.717) is 30.0 Å². The first-order valence-electron chi connectivity index (χ1n) is 11.9. The molecule has 192 valence electrons. The minimum Gasteiger partial charge on any atom is -0.495 e. The van der Waals surface area contributed by atoms with Crippen LogP contribution in [0, 0.1) is 0 Å². The SMILES string of the molecule is COc1cc2c(cc1NS(=O)(=O)c1cccc(C(=O)O[C@@H](C)C(=O)N3CCCC3)c1)oc1ccccc12. The second kappa shape index (κ2) is 9.78. The number of ether oxygens (including phenoxy) is 2. The van der Waals surface area contributed by atoms with Gasteiger partial charge >= 0.3 is 5.97 Å². The molecule has 9 nitrogen and oxygen atoms in total. The van der Waals surface area contributed by atoms with Gasteiger partial charge in [-0.1, -0.05) is 24.3 Å². The van der Waals surface area contributed by atoms with Crippen LogP contribution in [0.5, 0.6) is 5.75 Å². The Morgan fingerprint density at radius 2 is 1.73 bits per heavy atom. The highest BCUT2D eigenvalue weighted by molar-refractivity contribution is 7.92. The molecule has 0 unspecified atom stereocenters. The number of anilines is 1. The number of hydrogen-bond acceptors (Lipinski definition) is 7. The number of methoxy groups -OCH3 is 1. The molecule has 1 aliphatic heterocycles. The maximum Gasteiger partial charge on any atom is 0.338 e. The molecule has 1 aliphatic rings. The van der Waals surface area contributed by atoms with Gasteiger partial charge in [0.15, 0.2) is 6.10 Å². The first-order valence-corrected chi connectivity index (χ1v) is 13.4. The van der Waals surface area contributed by atoms with Crippen LogP contribution in [-0.4, -0.2) is 51.5 Å². The summed E-state index contributed by atoms with van der Waals surface area (Å²) in [4.78, 5) is 26.7. The van der Waals surface area contributed by atoms with Crippen LogP contribution in [0.2, 0.25) is 0 Å². The molecule has 1 amide bonds. The van der Waals surface area contributed by atoms with Crippen LogP contribution in [0.1, 0.15) is 30.1 Å². The van der Waals surface area contributed by atoms with Gasteiger partial charge in [-0.25, -0.2) is 13.2 Å². The Morgan fingerprint density at radius 3 is 2.49 bits per heavy atom. The zero-order chi connectivity index (χ0) is 26.2. The van der Waals surface area contributed by atoms with Crippen molar-refractivity contribution in [2.24, 2.45) is 0 Å². The van der Waals surface area contributed by atoms with E-state index in [1.807, 2.05) is 24.3 Å². The smallest absolute Gasteiger partial charge is 0.338 e. The molecule has 4 aromatic rings. The summed E-state index contributed by atoms with van der Waals surface area (Å²) in [6.07, 6.45) is 0.879. The third-order valence-corrected chi connectivity index (χ3v) is 7.74. The second-order valence-electron chi connectivity index (χ2n) is 8.86. The van der Waals surface area contributed by atoms with Crippen LogP contribution in [-0.2, 0) is 19.6 Å². The summed E-state index contributed by atoms with van der Waals surface area (Å²) in [6.45, 7) is 2.80. The number of carbonyl (C=O) groups excluding carboxylic acids is 2. The molecule has 3 aromatic carbocycles.